The second-order valence-electron chi connectivity index (χ2n) is 7.03. The highest BCUT2D eigenvalue weighted by atomic mass is 15.3. The van der Waals surface area contributed by atoms with E-state index >= 15 is 0 Å². The van der Waals surface area contributed by atoms with Crippen LogP contribution in [0, 0.1) is 5.92 Å². The van der Waals surface area contributed by atoms with Crippen LogP contribution in [0.1, 0.15) is 24.8 Å². The van der Waals surface area contributed by atoms with E-state index in [0.717, 1.165) is 24.5 Å². The number of piperidine rings is 1. The van der Waals surface area contributed by atoms with Gasteiger partial charge in [0.2, 0.25) is 0 Å². The first-order chi connectivity index (χ1) is 10.4. The average molecular weight is 285 g/mol. The highest BCUT2D eigenvalue weighted by molar-refractivity contribution is 5.14. The molecule has 3 atom stereocenters. The second kappa shape index (κ2) is 6.07. The predicted octanol–water partition coefficient (Wildman–Crippen LogP) is 1.94. The number of nitrogens with zero attached hydrogens (tertiary/aromatic N) is 2. The van der Waals surface area contributed by atoms with Crippen LogP contribution in [-0.4, -0.2) is 54.6 Å². The van der Waals surface area contributed by atoms with Crippen molar-refractivity contribution in [2.75, 3.05) is 32.7 Å². The summed E-state index contributed by atoms with van der Waals surface area (Å²) in [6.07, 6.45) is 4.17. The molecule has 0 aromatic heterocycles. The van der Waals surface area contributed by atoms with Crippen molar-refractivity contribution in [2.24, 2.45) is 5.92 Å². The lowest BCUT2D eigenvalue weighted by molar-refractivity contribution is 0.0846. The van der Waals surface area contributed by atoms with E-state index in [1.165, 1.54) is 57.5 Å². The van der Waals surface area contributed by atoms with Crippen molar-refractivity contribution in [3.05, 3.63) is 35.9 Å². The van der Waals surface area contributed by atoms with Gasteiger partial charge < -0.3 is 5.32 Å². The zero-order valence-electron chi connectivity index (χ0n) is 12.9. The minimum atomic E-state index is 0.789. The summed E-state index contributed by atoms with van der Waals surface area (Å²) in [4.78, 5) is 5.50. The molecule has 0 radical (unpaired) electrons. The molecule has 1 unspecified atom stereocenters. The van der Waals surface area contributed by atoms with Gasteiger partial charge in [-0.05, 0) is 50.4 Å². The Bertz CT molecular complexity index is 461. The number of hydrogen-bond acceptors (Lipinski definition) is 3. The van der Waals surface area contributed by atoms with Gasteiger partial charge in [-0.2, -0.15) is 0 Å². The van der Waals surface area contributed by atoms with Gasteiger partial charge in [-0.1, -0.05) is 30.3 Å². The maximum atomic E-state index is 3.59. The van der Waals surface area contributed by atoms with Crippen molar-refractivity contribution in [1.82, 2.24) is 15.1 Å². The lowest BCUT2D eigenvalue weighted by Crippen LogP contribution is -2.50. The normalized spacial score (nSPS) is 34.2. The first-order valence-electron chi connectivity index (χ1n) is 8.63. The first-order valence-corrected chi connectivity index (χ1v) is 8.63. The first kappa shape index (κ1) is 13.7. The highest BCUT2D eigenvalue weighted by Crippen LogP contribution is 2.31. The van der Waals surface area contributed by atoms with E-state index in [4.69, 9.17) is 0 Å². The van der Waals surface area contributed by atoms with Crippen LogP contribution in [0.2, 0.25) is 0 Å². The van der Waals surface area contributed by atoms with Crippen LogP contribution in [0.15, 0.2) is 30.3 Å². The van der Waals surface area contributed by atoms with E-state index < -0.39 is 0 Å². The van der Waals surface area contributed by atoms with Gasteiger partial charge in [0, 0.05) is 31.7 Å². The van der Waals surface area contributed by atoms with Crippen molar-refractivity contribution in [2.45, 2.75) is 37.9 Å². The van der Waals surface area contributed by atoms with Gasteiger partial charge in [-0.25, -0.2) is 0 Å². The minimum absolute atomic E-state index is 0.789. The van der Waals surface area contributed by atoms with Crippen LogP contribution in [0.4, 0.5) is 0 Å². The molecule has 0 bridgehead atoms. The molecule has 3 fully saturated rings. The SMILES string of the molecule is c1ccc(CN2CCCC(N3CC[C@@H]4CNC[C@@H]43)C2)cc1. The third-order valence-corrected chi connectivity index (χ3v) is 5.69. The van der Waals surface area contributed by atoms with Crippen LogP contribution >= 0.6 is 0 Å². The molecule has 0 aliphatic carbocycles. The molecule has 4 rings (SSSR count). The van der Waals surface area contributed by atoms with Crippen molar-refractivity contribution in [3.63, 3.8) is 0 Å². The topological polar surface area (TPSA) is 18.5 Å². The Balaban J connectivity index is 1.39. The molecule has 3 aliphatic rings. The third-order valence-electron chi connectivity index (χ3n) is 5.69. The summed E-state index contributed by atoms with van der Waals surface area (Å²) in [6, 6.07) is 12.6. The largest absolute Gasteiger partial charge is 0.315 e. The summed E-state index contributed by atoms with van der Waals surface area (Å²) in [5.74, 6) is 0.925. The van der Waals surface area contributed by atoms with Gasteiger partial charge in [-0.3, -0.25) is 9.80 Å². The second-order valence-corrected chi connectivity index (χ2v) is 7.03. The van der Waals surface area contributed by atoms with Crippen molar-refractivity contribution in [3.8, 4) is 0 Å². The summed E-state index contributed by atoms with van der Waals surface area (Å²) in [5, 5.41) is 3.59. The van der Waals surface area contributed by atoms with E-state index in [0.29, 0.717) is 0 Å². The summed E-state index contributed by atoms with van der Waals surface area (Å²) in [7, 11) is 0. The molecule has 3 saturated heterocycles. The van der Waals surface area contributed by atoms with Gasteiger partial charge in [-0.15, -0.1) is 0 Å². The number of benzene rings is 1. The summed E-state index contributed by atoms with van der Waals surface area (Å²) < 4.78 is 0. The fraction of sp³-hybridized carbons (Fsp3) is 0.667. The summed E-state index contributed by atoms with van der Waals surface area (Å²) in [6.45, 7) is 7.46. The fourth-order valence-corrected chi connectivity index (χ4v) is 4.62. The third kappa shape index (κ3) is 2.87. The van der Waals surface area contributed by atoms with Gasteiger partial charge >= 0.3 is 0 Å². The molecule has 3 heteroatoms. The molecule has 3 nitrogen and oxygen atoms in total. The van der Waals surface area contributed by atoms with E-state index in [1.807, 2.05) is 0 Å². The molecule has 1 aromatic rings. The molecule has 0 saturated carbocycles. The highest BCUT2D eigenvalue weighted by Gasteiger charge is 2.41. The Labute approximate surface area is 128 Å². The monoisotopic (exact) mass is 285 g/mol. The summed E-state index contributed by atoms with van der Waals surface area (Å²) >= 11 is 0. The predicted molar refractivity (Wildman–Crippen MR) is 86.2 cm³/mol. The van der Waals surface area contributed by atoms with Crippen LogP contribution in [-0.2, 0) is 6.54 Å². The molecular formula is C18H27N3. The number of rotatable bonds is 3. The van der Waals surface area contributed by atoms with E-state index in [9.17, 15) is 0 Å². The smallest absolute Gasteiger partial charge is 0.0264 e. The Hall–Kier alpha value is -0.900. The van der Waals surface area contributed by atoms with Crippen LogP contribution in [0.3, 0.4) is 0 Å². The zero-order valence-corrected chi connectivity index (χ0v) is 12.9. The quantitative estimate of drug-likeness (QED) is 0.916. The summed E-state index contributed by atoms with van der Waals surface area (Å²) in [5.41, 5.74) is 1.46. The van der Waals surface area contributed by atoms with Crippen LogP contribution < -0.4 is 5.32 Å². The molecule has 0 spiro atoms. The lowest BCUT2D eigenvalue weighted by atomic mass is 10.0. The molecular weight excluding hydrogens is 258 g/mol. The zero-order chi connectivity index (χ0) is 14.1. The van der Waals surface area contributed by atoms with Crippen molar-refractivity contribution >= 4 is 0 Å². The van der Waals surface area contributed by atoms with Crippen LogP contribution in [0.5, 0.6) is 0 Å². The Kier molecular flexibility index (Phi) is 3.97. The van der Waals surface area contributed by atoms with Crippen molar-refractivity contribution in [1.29, 1.82) is 0 Å². The molecule has 114 valence electrons. The van der Waals surface area contributed by atoms with Gasteiger partial charge in [0.1, 0.15) is 0 Å². The number of nitrogens with one attached hydrogen (secondary N) is 1. The standard InChI is InChI=1S/C18H27N3/c1-2-5-15(6-3-1)13-20-9-4-7-17(14-20)21-10-8-16-11-19-12-18(16)21/h1-3,5-6,16-19H,4,7-14H2/t16-,17?,18+/m1/s1. The average Bonchev–Trinajstić information content (AvgIpc) is 3.11. The minimum Gasteiger partial charge on any atom is -0.315 e. The number of fused-ring (bicyclic) bond motifs is 1. The molecule has 0 amide bonds. The number of hydrogen-bond donors (Lipinski definition) is 1. The maximum Gasteiger partial charge on any atom is 0.0264 e. The van der Waals surface area contributed by atoms with Gasteiger partial charge in [0.05, 0.1) is 0 Å². The van der Waals surface area contributed by atoms with Gasteiger partial charge in [0.25, 0.3) is 0 Å². The van der Waals surface area contributed by atoms with E-state index in [1.54, 1.807) is 0 Å². The Morgan fingerprint density at radius 3 is 2.86 bits per heavy atom. The van der Waals surface area contributed by atoms with E-state index in [2.05, 4.69) is 45.4 Å². The number of likely N-dealkylation sites (tertiary alicyclic amines) is 2. The lowest BCUT2D eigenvalue weighted by Gasteiger charge is -2.40. The maximum absolute atomic E-state index is 3.59. The molecule has 1 N–H and O–H groups in total. The molecule has 1 aromatic carbocycles. The van der Waals surface area contributed by atoms with E-state index in [-0.39, 0.29) is 0 Å². The van der Waals surface area contributed by atoms with Crippen LogP contribution in [0.25, 0.3) is 0 Å². The van der Waals surface area contributed by atoms with Crippen molar-refractivity contribution < 1.29 is 0 Å². The molecule has 3 aliphatic heterocycles. The Morgan fingerprint density at radius 1 is 1.05 bits per heavy atom. The Morgan fingerprint density at radius 2 is 1.95 bits per heavy atom. The molecule has 21 heavy (non-hydrogen) atoms. The van der Waals surface area contributed by atoms with Gasteiger partial charge in [0.15, 0.2) is 0 Å². The fourth-order valence-electron chi connectivity index (χ4n) is 4.62. The molecule has 3 heterocycles.